The van der Waals surface area contributed by atoms with Gasteiger partial charge >= 0.3 is 0 Å². The molecule has 0 atom stereocenters. The maximum Gasteiger partial charge on any atom is 0.0267 e. The van der Waals surface area contributed by atoms with E-state index in [1.165, 1.54) is 0 Å². The van der Waals surface area contributed by atoms with Crippen LogP contribution in [0.1, 0.15) is 0 Å². The molecule has 0 radical (unpaired) electrons. The molecule has 0 N–H and O–H groups in total. The van der Waals surface area contributed by atoms with Gasteiger partial charge in [-0.05, 0) is 182 Å². The number of fused-ring (bicyclic) bond motifs is 12. The fraction of sp³-hybridized carbons (Fsp3) is 0. The molecule has 0 heteroatoms. The SMILES string of the molecule is c1c#cc2cccc(c#cc#cc3cccc(c#cc#cc4cccc(c#cc#cc5cccc(c#cc#cc6cccc(c#cc#cc7cccc(c#1)c7)c6)c5)c4)c3)c2. The lowest BCUT2D eigenvalue weighted by Crippen LogP contribution is -1.61. The van der Waals surface area contributed by atoms with Crippen LogP contribution in [0.3, 0.4) is 0 Å². The van der Waals surface area contributed by atoms with Crippen molar-refractivity contribution in [3.05, 3.63) is 291 Å². The Hall–Kier alpha value is -9.96. The average Bonchev–Trinajstić information content (AvgIpc) is 3.28. The smallest absolute Gasteiger partial charge is 0.0267 e. The first-order chi connectivity index (χ1) is 29.7. The van der Waals surface area contributed by atoms with Crippen LogP contribution in [-0.4, -0.2) is 0 Å². The quantitative estimate of drug-likeness (QED) is 0.145. The molecular formula is C60H24. The summed E-state index contributed by atoms with van der Waals surface area (Å²) in [6, 6.07) is 118. The van der Waals surface area contributed by atoms with Crippen molar-refractivity contribution in [1.29, 1.82) is 0 Å². The molecule has 264 valence electrons. The second kappa shape index (κ2) is 20.6. The van der Waals surface area contributed by atoms with Crippen LogP contribution in [0.15, 0.2) is 146 Å². The molecule has 7 aromatic carbocycles. The van der Waals surface area contributed by atoms with Gasteiger partial charge in [0, 0.05) is 64.6 Å². The first-order valence-corrected chi connectivity index (χ1v) is 18.4. The van der Waals surface area contributed by atoms with E-state index < -0.39 is 0 Å². The van der Waals surface area contributed by atoms with E-state index >= 15 is 0 Å². The highest BCUT2D eigenvalue weighted by Crippen LogP contribution is 2.06. The van der Waals surface area contributed by atoms with E-state index in [2.05, 4.69) is 146 Å². The van der Waals surface area contributed by atoms with Crippen molar-refractivity contribution < 1.29 is 0 Å². The molecule has 0 amide bonds. The van der Waals surface area contributed by atoms with Crippen LogP contribution in [0, 0.1) is 146 Å². The minimum Gasteiger partial charge on any atom is -0.0598 e. The van der Waals surface area contributed by atoms with Crippen molar-refractivity contribution in [2.24, 2.45) is 0 Å². The Morgan fingerprint density at radius 2 is 0.250 bits per heavy atom. The van der Waals surface area contributed by atoms with Crippen molar-refractivity contribution in [3.8, 4) is 0 Å². The van der Waals surface area contributed by atoms with Crippen molar-refractivity contribution in [2.75, 3.05) is 0 Å². The van der Waals surface area contributed by atoms with Crippen molar-refractivity contribution in [1.82, 2.24) is 0 Å². The molecule has 7 aromatic rings. The summed E-state index contributed by atoms with van der Waals surface area (Å²) in [5, 5.41) is 9.67. The van der Waals surface area contributed by atoms with Crippen molar-refractivity contribution >= 4 is 64.6 Å². The summed E-state index contributed by atoms with van der Waals surface area (Å²) in [6.45, 7) is 0. The number of hydrogen-bond acceptors (Lipinski definition) is 0. The maximum atomic E-state index is 3.10. The molecule has 0 saturated heterocycles. The molecule has 60 heavy (non-hydrogen) atoms. The van der Waals surface area contributed by atoms with Gasteiger partial charge in [-0.1, -0.05) is 109 Å². The molecule has 12 bridgehead atoms. The summed E-state index contributed by atoms with van der Waals surface area (Å²) in [7, 11) is 0. The highest BCUT2D eigenvalue weighted by molar-refractivity contribution is 5.67. The summed E-state index contributed by atoms with van der Waals surface area (Å²) in [5.74, 6) is 0. The van der Waals surface area contributed by atoms with Crippen LogP contribution >= 0.6 is 0 Å². The van der Waals surface area contributed by atoms with Crippen LogP contribution in [-0.2, 0) is 0 Å². The minimum absolute atomic E-state index is 0.806. The monoisotopic (exact) mass is 744 g/mol. The van der Waals surface area contributed by atoms with Gasteiger partial charge in [-0.25, -0.2) is 0 Å². The lowest BCUT2D eigenvalue weighted by Gasteiger charge is -1.83. The van der Waals surface area contributed by atoms with Gasteiger partial charge in [0.2, 0.25) is 0 Å². The number of rotatable bonds is 0. The molecule has 0 saturated carbocycles. The zero-order valence-corrected chi connectivity index (χ0v) is 31.9. The Morgan fingerprint density at radius 3 is 0.350 bits per heavy atom. The van der Waals surface area contributed by atoms with Gasteiger partial charge in [0.1, 0.15) is 0 Å². The van der Waals surface area contributed by atoms with E-state index in [0.29, 0.717) is 0 Å². The van der Waals surface area contributed by atoms with E-state index in [9.17, 15) is 0 Å². The van der Waals surface area contributed by atoms with Crippen LogP contribution in [0.2, 0.25) is 0 Å². The lowest BCUT2D eigenvalue weighted by molar-refractivity contribution is 1.80. The predicted octanol–water partition coefficient (Wildman–Crippen LogP) is 12.2. The summed E-state index contributed by atoms with van der Waals surface area (Å²) < 4.78 is 0. The van der Waals surface area contributed by atoms with E-state index in [-0.39, 0.29) is 0 Å². The van der Waals surface area contributed by atoms with Crippen LogP contribution < -0.4 is 0 Å². The largest absolute Gasteiger partial charge is 0.0598 e. The molecule has 0 aliphatic heterocycles. The normalized spacial score (nSPS) is 8.40. The lowest BCUT2D eigenvalue weighted by atomic mass is 10.2. The fourth-order valence-electron chi connectivity index (χ4n) is 5.29. The second-order valence-electron chi connectivity index (χ2n) is 12.5. The fourth-order valence-corrected chi connectivity index (χ4v) is 5.29. The third-order valence-corrected chi connectivity index (χ3v) is 8.03. The maximum absolute atomic E-state index is 3.10. The Labute approximate surface area is 354 Å². The molecule has 0 fully saturated rings. The van der Waals surface area contributed by atoms with Gasteiger partial charge in [-0.3, -0.25) is 0 Å². The molecule has 0 spiro atoms. The summed E-state index contributed by atoms with van der Waals surface area (Å²) in [6.07, 6.45) is 0. The Morgan fingerprint density at radius 1 is 0.150 bits per heavy atom. The first kappa shape index (κ1) is 38.3. The molecule has 0 aromatic heterocycles. The zero-order chi connectivity index (χ0) is 40.9. The van der Waals surface area contributed by atoms with Gasteiger partial charge in [-0.2, -0.15) is 0 Å². The van der Waals surface area contributed by atoms with Gasteiger partial charge < -0.3 is 0 Å². The Balaban J connectivity index is 1.23. The highest BCUT2D eigenvalue weighted by atomic mass is 13.9. The Bertz CT molecular complexity index is 2390. The topological polar surface area (TPSA) is 0 Å². The molecule has 0 aliphatic carbocycles. The first-order valence-electron chi connectivity index (χ1n) is 18.4. The molecule has 0 nitrogen and oxygen atoms in total. The van der Waals surface area contributed by atoms with E-state index in [1.807, 2.05) is 146 Å². The highest BCUT2D eigenvalue weighted by Gasteiger charge is 1.84. The van der Waals surface area contributed by atoms with Crippen LogP contribution in [0.5, 0.6) is 0 Å². The number of hydrogen-bond donors (Lipinski definition) is 0. The molecular weight excluding hydrogens is 721 g/mol. The van der Waals surface area contributed by atoms with Crippen LogP contribution in [0.4, 0.5) is 0 Å². The summed E-state index contributed by atoms with van der Waals surface area (Å²) in [5.41, 5.74) is 0. The van der Waals surface area contributed by atoms with E-state index in [4.69, 9.17) is 0 Å². The minimum atomic E-state index is 0.806. The molecule has 0 aliphatic rings. The Kier molecular flexibility index (Phi) is 13.2. The van der Waals surface area contributed by atoms with Gasteiger partial charge in [0.05, 0.1) is 0 Å². The van der Waals surface area contributed by atoms with Gasteiger partial charge in [-0.15, -0.1) is 0 Å². The molecule has 0 unspecified atom stereocenters. The third kappa shape index (κ3) is 12.5. The van der Waals surface area contributed by atoms with E-state index in [0.717, 1.165) is 64.6 Å². The summed E-state index contributed by atoms with van der Waals surface area (Å²) >= 11 is 0. The second-order valence-corrected chi connectivity index (χ2v) is 12.5. The van der Waals surface area contributed by atoms with Gasteiger partial charge in [0.15, 0.2) is 0 Å². The van der Waals surface area contributed by atoms with Crippen molar-refractivity contribution in [2.45, 2.75) is 0 Å². The third-order valence-electron chi connectivity index (χ3n) is 8.03. The average molecular weight is 745 g/mol. The molecule has 0 heterocycles. The predicted molar refractivity (Wildman–Crippen MR) is 236 cm³/mol. The zero-order valence-electron chi connectivity index (χ0n) is 31.9. The van der Waals surface area contributed by atoms with Gasteiger partial charge in [0.25, 0.3) is 0 Å². The van der Waals surface area contributed by atoms with Crippen molar-refractivity contribution in [3.63, 3.8) is 0 Å². The van der Waals surface area contributed by atoms with Crippen LogP contribution in [0.25, 0.3) is 64.6 Å². The van der Waals surface area contributed by atoms with E-state index in [1.54, 1.807) is 0 Å². The standard InChI is InChI=1S/C60H24/c1-2-20-50-32-14-34-52(44-50)22-5-6-24-54-36-16-38-56(46-54)26-9-10-28-58-40-18-42-60(48-58)30-12-11-29-59-41-17-39-57(47-59)27-8-7-25-55-37-15-35-53(45-55)23-4-3-21-51-33-13-31-49(19-1)43-51/h13-18,31-48H. The summed E-state index contributed by atoms with van der Waals surface area (Å²) in [4.78, 5) is 0. The number of benzene rings is 6. The molecule has 7 rings (SSSR count).